The fraction of sp³-hybridized carbons (Fsp3) is 0.244. The summed E-state index contributed by atoms with van der Waals surface area (Å²) in [6.07, 6.45) is 9.30. The second-order valence-electron chi connectivity index (χ2n) is 14.8. The van der Waals surface area contributed by atoms with Crippen molar-refractivity contribution in [2.24, 2.45) is 5.92 Å². The molecule has 0 aliphatic heterocycles. The van der Waals surface area contributed by atoms with E-state index in [0.29, 0.717) is 0 Å². The number of benzene rings is 4. The van der Waals surface area contributed by atoms with E-state index >= 15 is 0 Å². The van der Waals surface area contributed by atoms with Crippen LogP contribution in [0.1, 0.15) is 45.1 Å². The van der Waals surface area contributed by atoms with Crippen LogP contribution in [0.15, 0.2) is 126 Å². The van der Waals surface area contributed by atoms with Crippen LogP contribution in [0.4, 0.5) is 0 Å². The molecule has 3 aromatic heterocycles. The van der Waals surface area contributed by atoms with Crippen LogP contribution in [0.3, 0.4) is 0 Å². The van der Waals surface area contributed by atoms with Crippen molar-refractivity contribution >= 4 is 35.2 Å². The van der Waals surface area contributed by atoms with Gasteiger partial charge in [0.1, 0.15) is 5.58 Å². The van der Waals surface area contributed by atoms with Gasteiger partial charge in [-0.1, -0.05) is 130 Å². The molecule has 1 aliphatic rings. The number of pyridine rings is 2. The van der Waals surface area contributed by atoms with Crippen molar-refractivity contribution < 1.29 is 24.5 Å². The van der Waals surface area contributed by atoms with Crippen LogP contribution in [-0.4, -0.2) is 18.0 Å². The van der Waals surface area contributed by atoms with Crippen LogP contribution in [0.5, 0.6) is 0 Å². The summed E-state index contributed by atoms with van der Waals surface area (Å²) in [5.41, 5.74) is 9.48. The molecule has 1 radical (unpaired) electrons. The van der Waals surface area contributed by atoms with Crippen molar-refractivity contribution in [1.82, 2.24) is 9.97 Å². The quantitative estimate of drug-likeness (QED) is 0.124. The summed E-state index contributed by atoms with van der Waals surface area (Å²) < 4.78 is 6.45. The Balaban J connectivity index is 0.000000215. The van der Waals surface area contributed by atoms with E-state index < -0.39 is 8.07 Å². The molecule has 7 aromatic rings. The zero-order valence-electron chi connectivity index (χ0n) is 29.6. The Morgan fingerprint density at radius 2 is 1.52 bits per heavy atom. The van der Waals surface area contributed by atoms with E-state index in [1.165, 1.54) is 42.0 Å². The third kappa shape index (κ3) is 7.32. The number of rotatable bonds is 6. The molecule has 0 bridgehead atoms. The molecular formula is C45H44IrN2OSi-2. The molecule has 0 N–H and O–H groups in total. The number of hydrogen-bond acceptors (Lipinski definition) is 3. The van der Waals surface area contributed by atoms with Crippen LogP contribution in [0.2, 0.25) is 19.6 Å². The minimum absolute atomic E-state index is 0. The van der Waals surface area contributed by atoms with Crippen LogP contribution >= 0.6 is 0 Å². The van der Waals surface area contributed by atoms with Gasteiger partial charge in [-0.05, 0) is 63.8 Å². The molecule has 1 fully saturated rings. The predicted octanol–water partition coefficient (Wildman–Crippen LogP) is 11.7. The Bertz CT molecular complexity index is 2180. The van der Waals surface area contributed by atoms with Crippen molar-refractivity contribution in [3.05, 3.63) is 139 Å². The molecule has 8 rings (SSSR count). The Hall–Kier alpha value is -4.15. The molecule has 0 amide bonds. The summed E-state index contributed by atoms with van der Waals surface area (Å²) in [6, 6.07) is 44.3. The zero-order chi connectivity index (χ0) is 34.0. The largest absolute Gasteiger partial charge is 0.501 e. The molecule has 3 nitrogen and oxygen atoms in total. The van der Waals surface area contributed by atoms with Crippen LogP contribution in [0.25, 0.3) is 55.6 Å². The van der Waals surface area contributed by atoms with Gasteiger partial charge < -0.3 is 14.4 Å². The molecular weight excluding hydrogens is 805 g/mol. The average molecular weight is 849 g/mol. The van der Waals surface area contributed by atoms with Gasteiger partial charge in [-0.3, -0.25) is 0 Å². The van der Waals surface area contributed by atoms with Crippen LogP contribution < -0.4 is 5.19 Å². The van der Waals surface area contributed by atoms with Gasteiger partial charge in [-0.25, -0.2) is 0 Å². The molecule has 0 spiro atoms. The van der Waals surface area contributed by atoms with Crippen molar-refractivity contribution in [3.8, 4) is 33.6 Å². The summed E-state index contributed by atoms with van der Waals surface area (Å²) >= 11 is 0. The minimum atomic E-state index is -1.23. The molecule has 5 heteroatoms. The molecule has 0 unspecified atom stereocenters. The standard InChI is InChI=1S/C31H28NO.C14H16NSi.Ir/c1-31(2,22-12-6-7-13-22)23-18-19-32-27(20-23)25-17-16-24(21-10-4-3-5-11-21)29-26-14-8-9-15-28(26)33-30(25)29;1-16(2,3)13-9-10-14(15-11-13)12-7-5-4-6-8-12;/h3-5,8-11,14-16,18-20,22H,6-7,12-13H2,1-2H3;4-7,9-11H,1-3H3;/q2*-1;. The summed E-state index contributed by atoms with van der Waals surface area (Å²) in [6.45, 7) is 11.8. The van der Waals surface area contributed by atoms with E-state index in [0.717, 1.165) is 55.9 Å². The van der Waals surface area contributed by atoms with E-state index in [1.807, 2.05) is 54.9 Å². The van der Waals surface area contributed by atoms with E-state index in [1.54, 1.807) is 0 Å². The topological polar surface area (TPSA) is 38.9 Å². The fourth-order valence-electron chi connectivity index (χ4n) is 7.21. The second-order valence-corrected chi connectivity index (χ2v) is 19.9. The minimum Gasteiger partial charge on any atom is -0.501 e. The molecule has 255 valence electrons. The first-order chi connectivity index (χ1) is 23.7. The van der Waals surface area contributed by atoms with Gasteiger partial charge >= 0.3 is 0 Å². The number of furan rings is 1. The van der Waals surface area contributed by atoms with Gasteiger partial charge in [0, 0.05) is 37.9 Å². The maximum Gasteiger partial charge on any atom is 0.120 e. The smallest absolute Gasteiger partial charge is 0.120 e. The number of aromatic nitrogens is 2. The molecule has 50 heavy (non-hydrogen) atoms. The zero-order valence-corrected chi connectivity index (χ0v) is 33.0. The molecule has 1 aliphatic carbocycles. The maximum absolute atomic E-state index is 6.45. The Morgan fingerprint density at radius 3 is 2.22 bits per heavy atom. The predicted molar refractivity (Wildman–Crippen MR) is 208 cm³/mol. The molecule has 0 saturated heterocycles. The number of hydrogen-bond donors (Lipinski definition) is 0. The number of nitrogens with zero attached hydrogens (tertiary/aromatic N) is 2. The monoisotopic (exact) mass is 849 g/mol. The van der Waals surface area contributed by atoms with Gasteiger partial charge in [0.25, 0.3) is 0 Å². The van der Waals surface area contributed by atoms with Gasteiger partial charge in [0.2, 0.25) is 0 Å². The Morgan fingerprint density at radius 1 is 0.780 bits per heavy atom. The third-order valence-electron chi connectivity index (χ3n) is 10.3. The molecule has 3 heterocycles. The first kappa shape index (κ1) is 35.7. The van der Waals surface area contributed by atoms with E-state index in [2.05, 4.69) is 117 Å². The van der Waals surface area contributed by atoms with Crippen molar-refractivity contribution in [2.75, 3.05) is 0 Å². The third-order valence-corrected chi connectivity index (χ3v) is 12.3. The van der Waals surface area contributed by atoms with Gasteiger partial charge in [-0.2, -0.15) is 0 Å². The van der Waals surface area contributed by atoms with Gasteiger partial charge in [0.05, 0.1) is 13.7 Å². The van der Waals surface area contributed by atoms with Crippen molar-refractivity contribution in [3.63, 3.8) is 0 Å². The first-order valence-electron chi connectivity index (χ1n) is 17.5. The Kier molecular flexibility index (Phi) is 10.7. The van der Waals surface area contributed by atoms with E-state index in [9.17, 15) is 0 Å². The molecule has 4 aromatic carbocycles. The van der Waals surface area contributed by atoms with E-state index in [4.69, 9.17) is 9.40 Å². The average Bonchev–Trinajstić information content (AvgIpc) is 3.82. The van der Waals surface area contributed by atoms with Gasteiger partial charge in [0.15, 0.2) is 0 Å². The van der Waals surface area contributed by atoms with E-state index in [-0.39, 0.29) is 25.5 Å². The summed E-state index contributed by atoms with van der Waals surface area (Å²) in [5, 5.41) is 3.66. The fourth-order valence-corrected chi connectivity index (χ4v) is 8.24. The summed E-state index contributed by atoms with van der Waals surface area (Å²) in [4.78, 5) is 9.30. The first-order valence-corrected chi connectivity index (χ1v) is 21.0. The van der Waals surface area contributed by atoms with Gasteiger partial charge in [-0.15, -0.1) is 48.0 Å². The van der Waals surface area contributed by atoms with Crippen molar-refractivity contribution in [2.45, 2.75) is 64.6 Å². The maximum atomic E-state index is 6.45. The summed E-state index contributed by atoms with van der Waals surface area (Å²) in [7, 11) is -1.23. The van der Waals surface area contributed by atoms with Crippen LogP contribution in [-0.2, 0) is 25.5 Å². The Labute approximate surface area is 311 Å². The molecule has 0 atom stereocenters. The van der Waals surface area contributed by atoms with Crippen molar-refractivity contribution in [1.29, 1.82) is 0 Å². The number of fused-ring (bicyclic) bond motifs is 3. The molecule has 1 saturated carbocycles. The summed E-state index contributed by atoms with van der Waals surface area (Å²) in [5.74, 6) is 0.725. The number of para-hydroxylation sites is 1. The second kappa shape index (κ2) is 15.0. The SMILES string of the molecule is CC(C)(c1ccnc(-c2[c-]cc(-c3ccccc3)c3c2oc2ccccc23)c1)C1CCCC1.C[Si](C)(C)c1ccc(-c2[c-]cccc2)nc1.[Ir]. The van der Waals surface area contributed by atoms with Crippen LogP contribution in [0, 0.1) is 18.1 Å². The normalized spacial score (nSPS) is 13.5.